The molecule has 5 nitrogen and oxygen atoms in total. The van der Waals surface area contributed by atoms with Gasteiger partial charge in [0.2, 0.25) is 0 Å². The van der Waals surface area contributed by atoms with E-state index in [1.165, 1.54) is 11.3 Å². The smallest absolute Gasteiger partial charge is 0.142 e. The molecule has 0 bridgehead atoms. The molecule has 2 heterocycles. The molecule has 0 aromatic heterocycles. The summed E-state index contributed by atoms with van der Waals surface area (Å²) in [6, 6.07) is 6.58. The summed E-state index contributed by atoms with van der Waals surface area (Å²) in [7, 11) is 1.75. The predicted molar refractivity (Wildman–Crippen MR) is 88.6 cm³/mol. The Hall–Kier alpha value is -1.30. The summed E-state index contributed by atoms with van der Waals surface area (Å²) in [6.07, 6.45) is 1.66. The summed E-state index contributed by atoms with van der Waals surface area (Å²) in [4.78, 5) is 4.79. The van der Waals surface area contributed by atoms with Crippen LogP contribution >= 0.6 is 0 Å². The number of piperidine rings is 1. The Labute approximate surface area is 132 Å². The number of methoxy groups -OCH3 is 1. The molecule has 1 aromatic carbocycles. The molecule has 5 heteroatoms. The van der Waals surface area contributed by atoms with E-state index in [2.05, 4.69) is 33.3 Å². The maximum atomic E-state index is 9.60. The number of aliphatic hydroxyl groups is 1. The van der Waals surface area contributed by atoms with Gasteiger partial charge in [0.25, 0.3) is 0 Å². The van der Waals surface area contributed by atoms with Crippen LogP contribution in [0.25, 0.3) is 0 Å². The first-order chi connectivity index (χ1) is 10.8. The van der Waals surface area contributed by atoms with Gasteiger partial charge < -0.3 is 20.1 Å². The summed E-state index contributed by atoms with van der Waals surface area (Å²) >= 11 is 0. The largest absolute Gasteiger partial charge is 0.495 e. The van der Waals surface area contributed by atoms with Gasteiger partial charge in [0.15, 0.2) is 0 Å². The number of hydrogen-bond acceptors (Lipinski definition) is 5. The molecule has 122 valence electrons. The minimum Gasteiger partial charge on any atom is -0.495 e. The van der Waals surface area contributed by atoms with Crippen molar-refractivity contribution < 1.29 is 9.84 Å². The van der Waals surface area contributed by atoms with Gasteiger partial charge >= 0.3 is 0 Å². The Morgan fingerprint density at radius 3 is 2.59 bits per heavy atom. The molecule has 0 saturated carbocycles. The molecule has 2 aliphatic rings. The fourth-order valence-corrected chi connectivity index (χ4v) is 3.32. The van der Waals surface area contributed by atoms with Gasteiger partial charge in [-0.3, -0.25) is 4.90 Å². The van der Waals surface area contributed by atoms with Crippen molar-refractivity contribution in [2.75, 3.05) is 51.3 Å². The second-order valence-corrected chi connectivity index (χ2v) is 6.25. The SMILES string of the molecule is COc1cc(CN2CCC(O)CC2)ccc1N1CCNCC1. The maximum absolute atomic E-state index is 9.60. The number of nitrogens with one attached hydrogen (secondary N) is 1. The van der Waals surface area contributed by atoms with Gasteiger partial charge in [-0.15, -0.1) is 0 Å². The Bertz CT molecular complexity index is 481. The van der Waals surface area contributed by atoms with Crippen molar-refractivity contribution in [1.82, 2.24) is 10.2 Å². The van der Waals surface area contributed by atoms with Crippen molar-refractivity contribution >= 4 is 5.69 Å². The Balaban J connectivity index is 1.68. The van der Waals surface area contributed by atoms with Crippen LogP contribution in [0.4, 0.5) is 5.69 Å². The summed E-state index contributed by atoms with van der Waals surface area (Å²) < 4.78 is 5.62. The highest BCUT2D eigenvalue weighted by molar-refractivity contribution is 5.60. The van der Waals surface area contributed by atoms with Crippen LogP contribution in [0.3, 0.4) is 0 Å². The van der Waals surface area contributed by atoms with Gasteiger partial charge in [0, 0.05) is 45.8 Å². The highest BCUT2D eigenvalue weighted by Gasteiger charge is 2.19. The van der Waals surface area contributed by atoms with E-state index in [9.17, 15) is 5.11 Å². The third kappa shape index (κ3) is 3.72. The van der Waals surface area contributed by atoms with Gasteiger partial charge in [0.1, 0.15) is 5.75 Å². The lowest BCUT2D eigenvalue weighted by molar-refractivity contribution is 0.0792. The highest BCUT2D eigenvalue weighted by atomic mass is 16.5. The zero-order chi connectivity index (χ0) is 15.4. The fraction of sp³-hybridized carbons (Fsp3) is 0.647. The number of anilines is 1. The van der Waals surface area contributed by atoms with Crippen molar-refractivity contribution in [3.8, 4) is 5.75 Å². The van der Waals surface area contributed by atoms with E-state index in [0.717, 1.165) is 64.4 Å². The third-order valence-electron chi connectivity index (χ3n) is 4.67. The number of rotatable bonds is 4. The first kappa shape index (κ1) is 15.6. The van der Waals surface area contributed by atoms with Crippen LogP contribution in [-0.4, -0.2) is 62.5 Å². The topological polar surface area (TPSA) is 48.0 Å². The monoisotopic (exact) mass is 305 g/mol. The number of aliphatic hydroxyl groups excluding tert-OH is 1. The lowest BCUT2D eigenvalue weighted by Gasteiger charge is -2.32. The summed E-state index contributed by atoms with van der Waals surface area (Å²) in [5.41, 5.74) is 2.48. The molecular formula is C17H27N3O2. The van der Waals surface area contributed by atoms with Crippen LogP contribution < -0.4 is 15.0 Å². The van der Waals surface area contributed by atoms with Gasteiger partial charge in [-0.05, 0) is 30.5 Å². The second-order valence-electron chi connectivity index (χ2n) is 6.25. The normalized spacial score (nSPS) is 21.1. The van der Waals surface area contributed by atoms with E-state index in [1.54, 1.807) is 7.11 Å². The minimum absolute atomic E-state index is 0.110. The molecule has 2 aliphatic heterocycles. The van der Waals surface area contributed by atoms with E-state index >= 15 is 0 Å². The second kappa shape index (κ2) is 7.31. The van der Waals surface area contributed by atoms with E-state index < -0.39 is 0 Å². The van der Waals surface area contributed by atoms with Crippen LogP contribution in [0.2, 0.25) is 0 Å². The first-order valence-electron chi connectivity index (χ1n) is 8.29. The average molecular weight is 305 g/mol. The summed E-state index contributed by atoms with van der Waals surface area (Å²) in [5.74, 6) is 0.969. The first-order valence-corrected chi connectivity index (χ1v) is 8.29. The summed E-state index contributed by atoms with van der Waals surface area (Å²) in [5, 5.41) is 13.0. The van der Waals surface area contributed by atoms with Crippen molar-refractivity contribution in [2.45, 2.75) is 25.5 Å². The highest BCUT2D eigenvalue weighted by Crippen LogP contribution is 2.30. The van der Waals surface area contributed by atoms with Crippen LogP contribution in [0, 0.1) is 0 Å². The molecule has 0 atom stereocenters. The molecule has 0 amide bonds. The predicted octanol–water partition coefficient (Wildman–Crippen LogP) is 1.06. The average Bonchev–Trinajstić information content (AvgIpc) is 2.57. The maximum Gasteiger partial charge on any atom is 0.142 e. The third-order valence-corrected chi connectivity index (χ3v) is 4.67. The fourth-order valence-electron chi connectivity index (χ4n) is 3.32. The van der Waals surface area contributed by atoms with Crippen molar-refractivity contribution in [2.24, 2.45) is 0 Å². The number of hydrogen-bond donors (Lipinski definition) is 2. The van der Waals surface area contributed by atoms with Gasteiger partial charge in [-0.25, -0.2) is 0 Å². The Morgan fingerprint density at radius 1 is 1.18 bits per heavy atom. The number of nitrogens with zero attached hydrogens (tertiary/aromatic N) is 2. The Morgan fingerprint density at radius 2 is 1.91 bits per heavy atom. The molecule has 1 aromatic rings. The number of piperazine rings is 1. The van der Waals surface area contributed by atoms with Gasteiger partial charge in [-0.2, -0.15) is 0 Å². The molecule has 2 N–H and O–H groups in total. The van der Waals surface area contributed by atoms with Crippen molar-refractivity contribution in [1.29, 1.82) is 0 Å². The van der Waals surface area contributed by atoms with E-state index in [-0.39, 0.29) is 6.10 Å². The molecular weight excluding hydrogens is 278 g/mol. The number of ether oxygens (including phenoxy) is 1. The van der Waals surface area contributed by atoms with Crippen LogP contribution in [0.1, 0.15) is 18.4 Å². The Kier molecular flexibility index (Phi) is 5.18. The molecule has 2 fully saturated rings. The summed E-state index contributed by atoms with van der Waals surface area (Å²) in [6.45, 7) is 7.00. The van der Waals surface area contributed by atoms with Crippen molar-refractivity contribution in [3.05, 3.63) is 23.8 Å². The van der Waals surface area contributed by atoms with Gasteiger partial charge in [-0.1, -0.05) is 6.07 Å². The number of likely N-dealkylation sites (tertiary alicyclic amines) is 1. The molecule has 3 rings (SSSR count). The van der Waals surface area contributed by atoms with E-state index in [4.69, 9.17) is 4.74 Å². The molecule has 0 aliphatic carbocycles. The molecule has 0 radical (unpaired) electrons. The zero-order valence-corrected chi connectivity index (χ0v) is 13.4. The van der Waals surface area contributed by atoms with Crippen LogP contribution in [-0.2, 0) is 6.54 Å². The molecule has 0 unspecified atom stereocenters. The molecule has 2 saturated heterocycles. The van der Waals surface area contributed by atoms with E-state index in [0.29, 0.717) is 0 Å². The standard InChI is InChI=1S/C17H27N3O2/c1-22-17-12-14(13-19-8-4-15(21)5-9-19)2-3-16(17)20-10-6-18-7-11-20/h2-3,12,15,18,21H,4-11,13H2,1H3. The van der Waals surface area contributed by atoms with Crippen LogP contribution in [0.5, 0.6) is 5.75 Å². The molecule has 0 spiro atoms. The number of benzene rings is 1. The molecule has 22 heavy (non-hydrogen) atoms. The van der Waals surface area contributed by atoms with E-state index in [1.807, 2.05) is 0 Å². The zero-order valence-electron chi connectivity index (χ0n) is 13.4. The quantitative estimate of drug-likeness (QED) is 0.871. The lowest BCUT2D eigenvalue weighted by atomic mass is 10.1. The van der Waals surface area contributed by atoms with Gasteiger partial charge in [0.05, 0.1) is 18.9 Å². The van der Waals surface area contributed by atoms with Crippen molar-refractivity contribution in [3.63, 3.8) is 0 Å². The minimum atomic E-state index is -0.110. The van der Waals surface area contributed by atoms with Crippen LogP contribution in [0.15, 0.2) is 18.2 Å². The lowest BCUT2D eigenvalue weighted by Crippen LogP contribution is -2.43.